The van der Waals surface area contributed by atoms with Gasteiger partial charge in [-0.1, -0.05) is 0 Å². The van der Waals surface area contributed by atoms with E-state index in [0.29, 0.717) is 11.3 Å². The van der Waals surface area contributed by atoms with Crippen molar-refractivity contribution in [3.63, 3.8) is 0 Å². The Morgan fingerprint density at radius 3 is 2.93 bits per heavy atom. The second kappa shape index (κ2) is 2.95. The van der Waals surface area contributed by atoms with E-state index in [1.54, 1.807) is 6.92 Å². The Labute approximate surface area is 80.6 Å². The molecular formula is C9H12N4O. The second-order valence-corrected chi connectivity index (χ2v) is 3.44. The smallest absolute Gasteiger partial charge is 0.272 e. The Balaban J connectivity index is 2.78. The standard InChI is InChI=1S/C9H12N4O/c1-5-3-8-11-7(6(2)10)4-9(14)13(8)12-5/h3-4,6,12H,10H2,1-2H3/t6-/m1/s1. The van der Waals surface area contributed by atoms with E-state index >= 15 is 0 Å². The van der Waals surface area contributed by atoms with Crippen LogP contribution in [0.2, 0.25) is 0 Å². The first kappa shape index (κ1) is 8.96. The summed E-state index contributed by atoms with van der Waals surface area (Å²) >= 11 is 0. The summed E-state index contributed by atoms with van der Waals surface area (Å²) in [5.74, 6) is 0. The molecule has 3 N–H and O–H groups in total. The highest BCUT2D eigenvalue weighted by molar-refractivity contribution is 5.39. The van der Waals surface area contributed by atoms with Gasteiger partial charge in [-0.3, -0.25) is 9.89 Å². The van der Waals surface area contributed by atoms with E-state index in [2.05, 4.69) is 10.1 Å². The first-order chi connectivity index (χ1) is 6.58. The molecule has 0 spiro atoms. The van der Waals surface area contributed by atoms with Crippen LogP contribution in [-0.2, 0) is 0 Å². The Bertz CT molecular complexity index is 523. The molecule has 5 nitrogen and oxygen atoms in total. The highest BCUT2D eigenvalue weighted by atomic mass is 16.1. The van der Waals surface area contributed by atoms with E-state index in [1.807, 2.05) is 13.0 Å². The average Bonchev–Trinajstić information content (AvgIpc) is 2.45. The van der Waals surface area contributed by atoms with Crippen molar-refractivity contribution in [2.24, 2.45) is 5.73 Å². The van der Waals surface area contributed by atoms with Gasteiger partial charge in [0.15, 0.2) is 5.65 Å². The minimum atomic E-state index is -0.220. The van der Waals surface area contributed by atoms with E-state index in [4.69, 9.17) is 5.73 Å². The van der Waals surface area contributed by atoms with Gasteiger partial charge in [-0.15, -0.1) is 0 Å². The molecule has 0 amide bonds. The number of nitrogens with one attached hydrogen (secondary N) is 1. The monoisotopic (exact) mass is 192 g/mol. The van der Waals surface area contributed by atoms with Crippen LogP contribution in [-0.4, -0.2) is 14.6 Å². The van der Waals surface area contributed by atoms with E-state index in [0.717, 1.165) is 5.69 Å². The highest BCUT2D eigenvalue weighted by Gasteiger charge is 2.06. The van der Waals surface area contributed by atoms with E-state index in [-0.39, 0.29) is 11.6 Å². The van der Waals surface area contributed by atoms with E-state index in [9.17, 15) is 4.79 Å². The van der Waals surface area contributed by atoms with E-state index < -0.39 is 0 Å². The van der Waals surface area contributed by atoms with Crippen molar-refractivity contribution in [2.45, 2.75) is 19.9 Å². The number of nitrogens with two attached hydrogens (primary N) is 1. The van der Waals surface area contributed by atoms with Gasteiger partial charge < -0.3 is 5.73 Å². The number of hydrogen-bond donors (Lipinski definition) is 2. The number of hydrogen-bond acceptors (Lipinski definition) is 3. The van der Waals surface area contributed by atoms with Crippen molar-refractivity contribution in [1.29, 1.82) is 0 Å². The maximum absolute atomic E-state index is 11.6. The fourth-order valence-electron chi connectivity index (χ4n) is 1.36. The predicted molar refractivity (Wildman–Crippen MR) is 53.2 cm³/mol. The second-order valence-electron chi connectivity index (χ2n) is 3.44. The molecule has 0 saturated carbocycles. The highest BCUT2D eigenvalue weighted by Crippen LogP contribution is 2.06. The zero-order chi connectivity index (χ0) is 10.3. The third-order valence-corrected chi connectivity index (χ3v) is 2.06. The molecule has 0 aliphatic heterocycles. The third-order valence-electron chi connectivity index (χ3n) is 2.06. The minimum Gasteiger partial charge on any atom is -0.323 e. The molecule has 0 radical (unpaired) electrons. The Hall–Kier alpha value is -1.62. The Kier molecular flexibility index (Phi) is 1.89. The van der Waals surface area contributed by atoms with Crippen LogP contribution in [0.25, 0.3) is 5.65 Å². The summed E-state index contributed by atoms with van der Waals surface area (Å²) in [4.78, 5) is 15.8. The number of rotatable bonds is 1. The number of aryl methyl sites for hydroxylation is 1. The van der Waals surface area contributed by atoms with Gasteiger partial charge in [-0.05, 0) is 13.8 Å². The van der Waals surface area contributed by atoms with Gasteiger partial charge in [-0.25, -0.2) is 9.50 Å². The summed E-state index contributed by atoms with van der Waals surface area (Å²) in [6.45, 7) is 3.68. The van der Waals surface area contributed by atoms with Crippen LogP contribution in [0.5, 0.6) is 0 Å². The molecule has 0 aromatic carbocycles. The lowest BCUT2D eigenvalue weighted by atomic mass is 10.2. The van der Waals surface area contributed by atoms with Crippen molar-refractivity contribution in [3.8, 4) is 0 Å². The average molecular weight is 192 g/mol. The quantitative estimate of drug-likeness (QED) is 0.684. The van der Waals surface area contributed by atoms with Crippen LogP contribution in [0, 0.1) is 6.92 Å². The van der Waals surface area contributed by atoms with Gasteiger partial charge in [0.1, 0.15) is 0 Å². The molecule has 0 fully saturated rings. The number of aromatic amines is 1. The number of H-pyrrole nitrogens is 1. The molecule has 2 aromatic rings. The summed E-state index contributed by atoms with van der Waals surface area (Å²) in [5.41, 5.74) is 7.66. The van der Waals surface area contributed by atoms with Gasteiger partial charge in [-0.2, -0.15) is 0 Å². The fourth-order valence-corrected chi connectivity index (χ4v) is 1.36. The molecule has 74 valence electrons. The van der Waals surface area contributed by atoms with Crippen molar-refractivity contribution in [3.05, 3.63) is 33.9 Å². The third kappa shape index (κ3) is 1.31. The van der Waals surface area contributed by atoms with Crippen molar-refractivity contribution < 1.29 is 0 Å². The predicted octanol–water partition coefficient (Wildman–Crippen LogP) is 0.351. The van der Waals surface area contributed by atoms with Crippen LogP contribution in [0.3, 0.4) is 0 Å². The molecule has 14 heavy (non-hydrogen) atoms. The molecule has 5 heteroatoms. The van der Waals surface area contributed by atoms with Crippen molar-refractivity contribution in [2.75, 3.05) is 0 Å². The van der Waals surface area contributed by atoms with Crippen molar-refractivity contribution in [1.82, 2.24) is 14.6 Å². The summed E-state index contributed by atoms with van der Waals surface area (Å²) in [7, 11) is 0. The summed E-state index contributed by atoms with van der Waals surface area (Å²) < 4.78 is 1.40. The SMILES string of the molecule is Cc1cc2nc([C@@H](C)N)cc(=O)n2[nH]1. The molecule has 0 saturated heterocycles. The number of aromatic nitrogens is 3. The van der Waals surface area contributed by atoms with Gasteiger partial charge in [0.2, 0.25) is 0 Å². The van der Waals surface area contributed by atoms with Crippen LogP contribution in [0.4, 0.5) is 0 Å². The van der Waals surface area contributed by atoms with Crippen LogP contribution >= 0.6 is 0 Å². The molecule has 0 unspecified atom stereocenters. The summed E-state index contributed by atoms with van der Waals surface area (Å²) in [6.07, 6.45) is 0. The lowest BCUT2D eigenvalue weighted by Gasteiger charge is -2.03. The zero-order valence-electron chi connectivity index (χ0n) is 8.11. The molecule has 0 aliphatic rings. The van der Waals surface area contributed by atoms with Crippen LogP contribution in [0.15, 0.2) is 16.9 Å². The summed E-state index contributed by atoms with van der Waals surface area (Å²) in [5, 5.41) is 2.89. The van der Waals surface area contributed by atoms with Gasteiger partial charge in [0.25, 0.3) is 5.56 Å². The zero-order valence-corrected chi connectivity index (χ0v) is 8.11. The molecular weight excluding hydrogens is 180 g/mol. The van der Waals surface area contributed by atoms with Crippen molar-refractivity contribution >= 4 is 5.65 Å². The Morgan fingerprint density at radius 1 is 1.57 bits per heavy atom. The molecule has 0 bridgehead atoms. The Morgan fingerprint density at radius 2 is 2.29 bits per heavy atom. The first-order valence-electron chi connectivity index (χ1n) is 4.43. The number of nitrogens with zero attached hydrogens (tertiary/aromatic N) is 2. The molecule has 1 atom stereocenters. The topological polar surface area (TPSA) is 76.2 Å². The molecule has 2 heterocycles. The molecule has 0 aliphatic carbocycles. The molecule has 2 rings (SSSR count). The normalized spacial score (nSPS) is 13.4. The van der Waals surface area contributed by atoms with E-state index in [1.165, 1.54) is 10.6 Å². The fraction of sp³-hybridized carbons (Fsp3) is 0.333. The van der Waals surface area contributed by atoms with Crippen LogP contribution < -0.4 is 11.3 Å². The maximum Gasteiger partial charge on any atom is 0.272 e. The van der Waals surface area contributed by atoms with Gasteiger partial charge in [0, 0.05) is 23.9 Å². The number of fused-ring (bicyclic) bond motifs is 1. The first-order valence-corrected chi connectivity index (χ1v) is 4.43. The maximum atomic E-state index is 11.6. The minimum absolute atomic E-state index is 0.129. The lowest BCUT2D eigenvalue weighted by Crippen LogP contribution is -2.18. The van der Waals surface area contributed by atoms with Gasteiger partial charge >= 0.3 is 0 Å². The molecule has 2 aromatic heterocycles. The lowest BCUT2D eigenvalue weighted by molar-refractivity contribution is 0.763. The van der Waals surface area contributed by atoms with Gasteiger partial charge in [0.05, 0.1) is 5.69 Å². The van der Waals surface area contributed by atoms with Crippen LogP contribution in [0.1, 0.15) is 24.4 Å². The summed E-state index contributed by atoms with van der Waals surface area (Å²) in [6, 6.07) is 3.05. The largest absolute Gasteiger partial charge is 0.323 e.